The average molecular weight is 266 g/mol. The Labute approximate surface area is 104 Å². The maximum Gasteiger partial charge on any atom is 0.261 e. The number of anilines is 1. The van der Waals surface area contributed by atoms with E-state index in [4.69, 9.17) is 5.14 Å². The van der Waals surface area contributed by atoms with Crippen LogP contribution in [0.15, 0.2) is 40.8 Å². The number of hydrogen-bond acceptors (Lipinski definition) is 4. The Hall–Kier alpha value is -1.99. The second-order valence-corrected chi connectivity index (χ2v) is 5.41. The van der Waals surface area contributed by atoms with Crippen molar-refractivity contribution in [1.82, 2.24) is 0 Å². The third kappa shape index (κ3) is 2.05. The summed E-state index contributed by atoms with van der Waals surface area (Å²) in [6, 6.07) is 5.38. The lowest BCUT2D eigenvalue weighted by atomic mass is 10.3. The third-order valence-corrected chi connectivity index (χ3v) is 3.42. The number of imide groups is 1. The van der Waals surface area contributed by atoms with E-state index in [-0.39, 0.29) is 10.6 Å². The molecule has 1 aliphatic heterocycles. The van der Waals surface area contributed by atoms with Crippen molar-refractivity contribution in [3.63, 3.8) is 0 Å². The number of amides is 2. The van der Waals surface area contributed by atoms with Crippen LogP contribution < -0.4 is 10.0 Å². The molecule has 0 radical (unpaired) electrons. The maximum atomic E-state index is 11.7. The van der Waals surface area contributed by atoms with E-state index in [2.05, 4.69) is 0 Å². The van der Waals surface area contributed by atoms with Gasteiger partial charge in [0.1, 0.15) is 0 Å². The summed E-state index contributed by atoms with van der Waals surface area (Å²) in [5.41, 5.74) is 0.491. The van der Waals surface area contributed by atoms with Gasteiger partial charge in [0, 0.05) is 11.6 Å². The van der Waals surface area contributed by atoms with E-state index in [0.29, 0.717) is 5.57 Å². The molecule has 1 heterocycles. The molecule has 0 bridgehead atoms. The van der Waals surface area contributed by atoms with Crippen molar-refractivity contribution in [1.29, 1.82) is 0 Å². The van der Waals surface area contributed by atoms with Gasteiger partial charge in [-0.25, -0.2) is 18.5 Å². The summed E-state index contributed by atoms with van der Waals surface area (Å²) in [6.07, 6.45) is 1.20. The van der Waals surface area contributed by atoms with Crippen LogP contribution in [0, 0.1) is 0 Å². The summed E-state index contributed by atoms with van der Waals surface area (Å²) < 4.78 is 22.4. The minimum atomic E-state index is -3.87. The summed E-state index contributed by atoms with van der Waals surface area (Å²) in [5.74, 6) is -0.962. The number of benzene rings is 1. The lowest BCUT2D eigenvalue weighted by Crippen LogP contribution is -2.30. The van der Waals surface area contributed by atoms with Crippen molar-refractivity contribution in [2.75, 3.05) is 4.90 Å². The van der Waals surface area contributed by atoms with Crippen molar-refractivity contribution < 1.29 is 18.0 Å². The monoisotopic (exact) mass is 266 g/mol. The topological polar surface area (TPSA) is 97.5 Å². The molecule has 0 atom stereocenters. The molecular formula is C11H10N2O4S. The molecule has 0 saturated heterocycles. The zero-order valence-corrected chi connectivity index (χ0v) is 10.3. The van der Waals surface area contributed by atoms with Crippen molar-refractivity contribution in [3.8, 4) is 0 Å². The molecule has 2 amide bonds. The van der Waals surface area contributed by atoms with Gasteiger partial charge in [0.2, 0.25) is 10.0 Å². The summed E-state index contributed by atoms with van der Waals surface area (Å²) in [5, 5.41) is 4.99. The second kappa shape index (κ2) is 4.04. The normalized spacial score (nSPS) is 16.1. The quantitative estimate of drug-likeness (QED) is 0.770. The van der Waals surface area contributed by atoms with Crippen molar-refractivity contribution in [3.05, 3.63) is 35.9 Å². The largest absolute Gasteiger partial charge is 0.269 e. The van der Waals surface area contributed by atoms with Crippen LogP contribution in [0.5, 0.6) is 0 Å². The van der Waals surface area contributed by atoms with Gasteiger partial charge in [-0.15, -0.1) is 0 Å². The standard InChI is InChI=1S/C11H10N2O4S/c1-7-5-10(14)13(11(7)15)8-3-2-4-9(6-8)18(12,16)17/h2-6H,1H3,(H2,12,16,17). The number of carbonyl (C=O) groups excluding carboxylic acids is 2. The first-order chi connectivity index (χ1) is 8.30. The fourth-order valence-corrected chi connectivity index (χ4v) is 2.19. The van der Waals surface area contributed by atoms with Gasteiger partial charge < -0.3 is 0 Å². The molecule has 94 valence electrons. The van der Waals surface area contributed by atoms with E-state index in [1.54, 1.807) is 0 Å². The molecule has 18 heavy (non-hydrogen) atoms. The van der Waals surface area contributed by atoms with E-state index in [1.807, 2.05) is 0 Å². The van der Waals surface area contributed by atoms with E-state index in [0.717, 1.165) is 4.90 Å². The first-order valence-electron chi connectivity index (χ1n) is 5.00. The Bertz CT molecular complexity index is 676. The van der Waals surface area contributed by atoms with Crippen LogP contribution in [0.25, 0.3) is 0 Å². The molecule has 1 aliphatic rings. The van der Waals surface area contributed by atoms with E-state index < -0.39 is 21.8 Å². The highest BCUT2D eigenvalue weighted by atomic mass is 32.2. The van der Waals surface area contributed by atoms with Gasteiger partial charge in [0.25, 0.3) is 11.8 Å². The lowest BCUT2D eigenvalue weighted by Gasteiger charge is -2.14. The van der Waals surface area contributed by atoms with Crippen LogP contribution in [-0.2, 0) is 19.6 Å². The minimum absolute atomic E-state index is 0.148. The van der Waals surface area contributed by atoms with E-state index >= 15 is 0 Å². The molecule has 0 spiro atoms. The molecule has 2 N–H and O–H groups in total. The molecule has 2 rings (SSSR count). The average Bonchev–Trinajstić information content (AvgIpc) is 2.52. The summed E-state index contributed by atoms with van der Waals surface area (Å²) >= 11 is 0. The number of primary sulfonamides is 1. The number of nitrogens with two attached hydrogens (primary N) is 1. The summed E-state index contributed by atoms with van der Waals surface area (Å²) in [7, 11) is -3.87. The molecule has 7 heteroatoms. The molecule has 0 unspecified atom stereocenters. The summed E-state index contributed by atoms with van der Waals surface area (Å²) in [6.45, 7) is 1.52. The first kappa shape index (κ1) is 12.5. The Kier molecular flexibility index (Phi) is 2.80. The zero-order chi connectivity index (χ0) is 13.5. The SMILES string of the molecule is CC1=CC(=O)N(c2cccc(S(N)(=O)=O)c2)C1=O. The molecule has 0 aromatic heterocycles. The van der Waals surface area contributed by atoms with Gasteiger partial charge in [-0.05, 0) is 25.1 Å². The van der Waals surface area contributed by atoms with Crippen molar-refractivity contribution >= 4 is 27.5 Å². The van der Waals surface area contributed by atoms with Gasteiger partial charge in [0.15, 0.2) is 0 Å². The molecule has 0 saturated carbocycles. The predicted molar refractivity (Wildman–Crippen MR) is 64.1 cm³/mol. The lowest BCUT2D eigenvalue weighted by molar-refractivity contribution is -0.120. The fraction of sp³-hybridized carbons (Fsp3) is 0.0909. The van der Waals surface area contributed by atoms with Gasteiger partial charge in [-0.2, -0.15) is 0 Å². The number of rotatable bonds is 2. The van der Waals surface area contributed by atoms with Crippen molar-refractivity contribution in [2.24, 2.45) is 5.14 Å². The second-order valence-electron chi connectivity index (χ2n) is 3.85. The zero-order valence-electron chi connectivity index (χ0n) is 9.45. The fourth-order valence-electron chi connectivity index (χ4n) is 1.63. The molecule has 6 nitrogen and oxygen atoms in total. The van der Waals surface area contributed by atoms with Gasteiger partial charge in [-0.3, -0.25) is 9.59 Å². The van der Waals surface area contributed by atoms with Crippen LogP contribution >= 0.6 is 0 Å². The van der Waals surface area contributed by atoms with Gasteiger partial charge in [-0.1, -0.05) is 6.07 Å². The van der Waals surface area contributed by atoms with Crippen LogP contribution in [0.3, 0.4) is 0 Å². The number of sulfonamides is 1. The molecule has 0 fully saturated rings. The highest BCUT2D eigenvalue weighted by Crippen LogP contribution is 2.24. The Morgan fingerprint density at radius 3 is 2.39 bits per heavy atom. The van der Waals surface area contributed by atoms with Crippen LogP contribution in [0.2, 0.25) is 0 Å². The molecule has 1 aromatic rings. The Morgan fingerprint density at radius 1 is 1.22 bits per heavy atom. The minimum Gasteiger partial charge on any atom is -0.269 e. The first-order valence-corrected chi connectivity index (χ1v) is 6.55. The van der Waals surface area contributed by atoms with Crippen LogP contribution in [0.1, 0.15) is 6.92 Å². The maximum absolute atomic E-state index is 11.7. The molecular weight excluding hydrogens is 256 g/mol. The smallest absolute Gasteiger partial charge is 0.261 e. The van der Waals surface area contributed by atoms with Crippen LogP contribution in [0.4, 0.5) is 5.69 Å². The Morgan fingerprint density at radius 2 is 1.89 bits per heavy atom. The molecule has 0 aliphatic carbocycles. The highest BCUT2D eigenvalue weighted by Gasteiger charge is 2.30. The third-order valence-electron chi connectivity index (χ3n) is 2.51. The van der Waals surface area contributed by atoms with E-state index in [9.17, 15) is 18.0 Å². The highest BCUT2D eigenvalue weighted by molar-refractivity contribution is 7.89. The van der Waals surface area contributed by atoms with Crippen LogP contribution in [-0.4, -0.2) is 20.2 Å². The summed E-state index contributed by atoms with van der Waals surface area (Å²) in [4.78, 5) is 24.1. The van der Waals surface area contributed by atoms with E-state index in [1.165, 1.54) is 37.3 Å². The molecule has 1 aromatic carbocycles. The number of hydrogen-bond donors (Lipinski definition) is 1. The predicted octanol–water partition coefficient (Wildman–Crippen LogP) is 0.154. The Balaban J connectivity index is 2.49. The number of nitrogens with zero attached hydrogens (tertiary/aromatic N) is 1. The number of carbonyl (C=O) groups is 2. The van der Waals surface area contributed by atoms with Gasteiger partial charge >= 0.3 is 0 Å². The van der Waals surface area contributed by atoms with Crippen molar-refractivity contribution in [2.45, 2.75) is 11.8 Å². The van der Waals surface area contributed by atoms with Gasteiger partial charge in [0.05, 0.1) is 10.6 Å².